The summed E-state index contributed by atoms with van der Waals surface area (Å²) in [7, 11) is -3.14. The number of carbonyl (C=O) groups excluding carboxylic acids is 3. The fourth-order valence-corrected chi connectivity index (χ4v) is 4.82. The topological polar surface area (TPSA) is 110 Å². The van der Waals surface area contributed by atoms with Gasteiger partial charge in [-0.1, -0.05) is 25.1 Å². The predicted molar refractivity (Wildman–Crippen MR) is 103 cm³/mol. The molecule has 154 valence electrons. The minimum absolute atomic E-state index is 0.0587. The fraction of sp³-hybridized carbons (Fsp3) is 0.526. The number of hydrogen-bond donors (Lipinski definition) is 1. The van der Waals surface area contributed by atoms with Crippen LogP contribution in [0.5, 0.6) is 0 Å². The monoisotopic (exact) mass is 410 g/mol. The van der Waals surface area contributed by atoms with Crippen LogP contribution >= 0.6 is 0 Å². The van der Waals surface area contributed by atoms with Gasteiger partial charge in [0.05, 0.1) is 11.5 Å². The summed E-state index contributed by atoms with van der Waals surface area (Å²) in [6, 6.07) is 7.85. The number of carbonyl (C=O) groups is 3. The predicted octanol–water partition coefficient (Wildman–Crippen LogP) is 0.774. The quantitative estimate of drug-likeness (QED) is 0.634. The van der Waals surface area contributed by atoms with Crippen molar-refractivity contribution in [1.29, 1.82) is 0 Å². The third kappa shape index (κ3) is 6.05. The molecule has 0 unspecified atom stereocenters. The van der Waals surface area contributed by atoms with Crippen LogP contribution in [0.4, 0.5) is 0 Å². The zero-order valence-electron chi connectivity index (χ0n) is 16.1. The van der Waals surface area contributed by atoms with Crippen LogP contribution in [0, 0.1) is 0 Å². The molecule has 0 radical (unpaired) electrons. The van der Waals surface area contributed by atoms with Gasteiger partial charge in [0.2, 0.25) is 0 Å². The average Bonchev–Trinajstić information content (AvgIpc) is 3.04. The Morgan fingerprint density at radius 2 is 1.93 bits per heavy atom. The summed E-state index contributed by atoms with van der Waals surface area (Å²) in [5.41, 5.74) is 0.414. The molecule has 8 nitrogen and oxygen atoms in total. The third-order valence-corrected chi connectivity index (χ3v) is 6.49. The van der Waals surface area contributed by atoms with Crippen molar-refractivity contribution in [2.75, 3.05) is 24.7 Å². The second-order valence-electron chi connectivity index (χ2n) is 6.82. The van der Waals surface area contributed by atoms with E-state index in [1.54, 1.807) is 30.3 Å². The Kier molecular flexibility index (Phi) is 7.56. The number of esters is 1. The molecule has 2 amide bonds. The van der Waals surface area contributed by atoms with Gasteiger partial charge >= 0.3 is 5.97 Å². The Balaban J connectivity index is 1.86. The molecule has 9 heteroatoms. The van der Waals surface area contributed by atoms with Crippen molar-refractivity contribution in [3.05, 3.63) is 35.9 Å². The summed E-state index contributed by atoms with van der Waals surface area (Å²) in [5, 5.41) is 2.43. The van der Waals surface area contributed by atoms with Gasteiger partial charge in [0, 0.05) is 17.6 Å². The van der Waals surface area contributed by atoms with Crippen LogP contribution in [-0.2, 0) is 24.2 Å². The Morgan fingerprint density at radius 1 is 1.25 bits per heavy atom. The highest BCUT2D eigenvalue weighted by atomic mass is 32.2. The lowest BCUT2D eigenvalue weighted by Crippen LogP contribution is -2.48. The molecule has 1 N–H and O–H groups in total. The Hall–Kier alpha value is -2.42. The van der Waals surface area contributed by atoms with E-state index < -0.39 is 40.3 Å². The van der Waals surface area contributed by atoms with Crippen LogP contribution in [-0.4, -0.2) is 67.8 Å². The first-order valence-electron chi connectivity index (χ1n) is 9.24. The Morgan fingerprint density at radius 3 is 2.50 bits per heavy atom. The summed E-state index contributed by atoms with van der Waals surface area (Å²) < 4.78 is 28.5. The van der Waals surface area contributed by atoms with Crippen molar-refractivity contribution in [1.82, 2.24) is 10.2 Å². The first-order valence-corrected chi connectivity index (χ1v) is 11.1. The van der Waals surface area contributed by atoms with E-state index in [9.17, 15) is 22.8 Å². The summed E-state index contributed by atoms with van der Waals surface area (Å²) in [6.45, 7) is 2.90. The van der Waals surface area contributed by atoms with E-state index in [1.807, 2.05) is 13.8 Å². The molecule has 0 bridgehead atoms. The van der Waals surface area contributed by atoms with Gasteiger partial charge in [-0.05, 0) is 31.9 Å². The normalized spacial score (nSPS) is 18.9. The van der Waals surface area contributed by atoms with Crippen LogP contribution in [0.1, 0.15) is 37.0 Å². The SMILES string of the molecule is CC[C@H](C)N(C(=O)COC(=O)CNC(=O)c1ccccc1)[C@@H]1CCS(=O)(=O)C1. The highest BCUT2D eigenvalue weighted by molar-refractivity contribution is 7.91. The molecule has 1 saturated heterocycles. The molecule has 1 aromatic carbocycles. The molecule has 28 heavy (non-hydrogen) atoms. The van der Waals surface area contributed by atoms with Gasteiger partial charge in [0.15, 0.2) is 16.4 Å². The third-order valence-electron chi connectivity index (χ3n) is 4.74. The number of benzene rings is 1. The number of amides is 2. The van der Waals surface area contributed by atoms with Gasteiger partial charge in [-0.25, -0.2) is 8.42 Å². The van der Waals surface area contributed by atoms with E-state index >= 15 is 0 Å². The molecule has 1 heterocycles. The van der Waals surface area contributed by atoms with Crippen LogP contribution in [0.2, 0.25) is 0 Å². The number of nitrogens with one attached hydrogen (secondary N) is 1. The minimum atomic E-state index is -3.14. The van der Waals surface area contributed by atoms with Gasteiger partial charge in [0.25, 0.3) is 11.8 Å². The molecule has 1 fully saturated rings. The zero-order chi connectivity index (χ0) is 20.7. The molecule has 1 aliphatic heterocycles. The van der Waals surface area contributed by atoms with Crippen LogP contribution in [0.15, 0.2) is 30.3 Å². The lowest BCUT2D eigenvalue weighted by molar-refractivity contribution is -0.153. The molecule has 1 aliphatic rings. The first-order chi connectivity index (χ1) is 13.2. The highest BCUT2D eigenvalue weighted by Crippen LogP contribution is 2.21. The number of nitrogens with zero attached hydrogens (tertiary/aromatic N) is 1. The smallest absolute Gasteiger partial charge is 0.325 e. The number of hydrogen-bond acceptors (Lipinski definition) is 6. The standard InChI is InChI=1S/C19H26N2O6S/c1-3-14(2)21(16-9-10-28(25,26)13-16)17(22)12-27-18(23)11-20-19(24)15-7-5-4-6-8-15/h4-8,14,16H,3,9-13H2,1-2H3,(H,20,24)/t14-,16+/m0/s1. The molecular formula is C19H26N2O6S. The number of sulfone groups is 1. The molecule has 2 atom stereocenters. The fourth-order valence-electron chi connectivity index (χ4n) is 3.11. The van der Waals surface area contributed by atoms with Crippen molar-refractivity contribution in [2.24, 2.45) is 0 Å². The first kappa shape index (κ1) is 21.9. The van der Waals surface area contributed by atoms with Crippen molar-refractivity contribution in [3.63, 3.8) is 0 Å². The van der Waals surface area contributed by atoms with E-state index in [0.717, 1.165) is 0 Å². The van der Waals surface area contributed by atoms with Crippen molar-refractivity contribution in [2.45, 2.75) is 38.8 Å². The molecular weight excluding hydrogens is 384 g/mol. The van der Waals surface area contributed by atoms with E-state index in [4.69, 9.17) is 4.74 Å². The van der Waals surface area contributed by atoms with E-state index in [1.165, 1.54) is 4.90 Å². The van der Waals surface area contributed by atoms with Gasteiger partial charge in [0.1, 0.15) is 6.54 Å². The van der Waals surface area contributed by atoms with Crippen LogP contribution < -0.4 is 5.32 Å². The summed E-state index contributed by atoms with van der Waals surface area (Å²) in [4.78, 5) is 37.9. The van der Waals surface area contributed by atoms with Crippen LogP contribution in [0.25, 0.3) is 0 Å². The lowest BCUT2D eigenvalue weighted by atomic mass is 10.1. The van der Waals surface area contributed by atoms with Gasteiger partial charge in [-0.3, -0.25) is 14.4 Å². The molecule has 0 aliphatic carbocycles. The van der Waals surface area contributed by atoms with E-state index in [-0.39, 0.29) is 24.1 Å². The maximum absolute atomic E-state index is 12.6. The average molecular weight is 410 g/mol. The Labute approximate surface area is 165 Å². The Bertz CT molecular complexity index is 809. The van der Waals surface area contributed by atoms with Crippen LogP contribution in [0.3, 0.4) is 0 Å². The van der Waals surface area contributed by atoms with E-state index in [0.29, 0.717) is 18.4 Å². The summed E-state index contributed by atoms with van der Waals surface area (Å²) in [6.07, 6.45) is 1.04. The molecule has 0 saturated carbocycles. The van der Waals surface area contributed by atoms with Crippen molar-refractivity contribution in [3.8, 4) is 0 Å². The van der Waals surface area contributed by atoms with Gasteiger partial charge in [-0.2, -0.15) is 0 Å². The lowest BCUT2D eigenvalue weighted by Gasteiger charge is -2.33. The maximum atomic E-state index is 12.6. The largest absolute Gasteiger partial charge is 0.454 e. The van der Waals surface area contributed by atoms with Gasteiger partial charge in [-0.15, -0.1) is 0 Å². The minimum Gasteiger partial charge on any atom is -0.454 e. The molecule has 0 spiro atoms. The zero-order valence-corrected chi connectivity index (χ0v) is 16.9. The molecule has 2 rings (SSSR count). The van der Waals surface area contributed by atoms with Crippen molar-refractivity contribution >= 4 is 27.6 Å². The van der Waals surface area contributed by atoms with Gasteiger partial charge < -0.3 is 15.0 Å². The number of ether oxygens (including phenoxy) is 1. The summed E-state index contributed by atoms with van der Waals surface area (Å²) >= 11 is 0. The second-order valence-corrected chi connectivity index (χ2v) is 9.05. The van der Waals surface area contributed by atoms with E-state index in [2.05, 4.69) is 5.32 Å². The molecule has 0 aromatic heterocycles. The molecule has 1 aromatic rings. The van der Waals surface area contributed by atoms with Crippen molar-refractivity contribution < 1.29 is 27.5 Å². The summed E-state index contributed by atoms with van der Waals surface area (Å²) in [5.74, 6) is -1.59. The maximum Gasteiger partial charge on any atom is 0.325 e. The number of rotatable bonds is 8. The second kappa shape index (κ2) is 9.68. The highest BCUT2D eigenvalue weighted by Gasteiger charge is 2.36.